The van der Waals surface area contributed by atoms with Crippen LogP contribution >= 0.6 is 0 Å². The summed E-state index contributed by atoms with van der Waals surface area (Å²) in [6, 6.07) is 7.65. The van der Waals surface area contributed by atoms with Crippen LogP contribution in [0.3, 0.4) is 0 Å². The van der Waals surface area contributed by atoms with Crippen molar-refractivity contribution in [1.82, 2.24) is 5.32 Å². The number of hydrogen-bond acceptors (Lipinski definition) is 2. The minimum Gasteiger partial charge on any atom is -0.493 e. The number of hydrogen-bond donors (Lipinski definition) is 1. The number of fused-ring (bicyclic) bond motifs is 1. The largest absolute Gasteiger partial charge is 0.493 e. The Balaban J connectivity index is 1.74. The fourth-order valence-corrected chi connectivity index (χ4v) is 4.02. The summed E-state index contributed by atoms with van der Waals surface area (Å²) in [5.41, 5.74) is 2.64. The monoisotopic (exact) mass is 287 g/mol. The van der Waals surface area contributed by atoms with Crippen LogP contribution in [0, 0.1) is 12.8 Å². The van der Waals surface area contributed by atoms with Gasteiger partial charge in [0.05, 0.1) is 6.61 Å². The van der Waals surface area contributed by atoms with Crippen molar-refractivity contribution >= 4 is 0 Å². The minimum atomic E-state index is 0.458. The van der Waals surface area contributed by atoms with Gasteiger partial charge in [0.15, 0.2) is 0 Å². The molecule has 1 unspecified atom stereocenters. The second kappa shape index (κ2) is 6.83. The molecule has 0 radical (unpaired) electrons. The maximum atomic E-state index is 6.00. The molecule has 1 N–H and O–H groups in total. The predicted octanol–water partition coefficient (Wildman–Crippen LogP) is 4.77. The summed E-state index contributed by atoms with van der Waals surface area (Å²) in [6.45, 7) is 5.40. The van der Waals surface area contributed by atoms with Crippen molar-refractivity contribution in [2.75, 3.05) is 6.61 Å². The average molecular weight is 287 g/mol. The van der Waals surface area contributed by atoms with E-state index in [0.29, 0.717) is 12.1 Å². The molecule has 1 aliphatic heterocycles. The minimum absolute atomic E-state index is 0.458. The van der Waals surface area contributed by atoms with Crippen molar-refractivity contribution < 1.29 is 4.74 Å². The molecule has 1 aromatic rings. The van der Waals surface area contributed by atoms with Gasteiger partial charge in [-0.1, -0.05) is 37.5 Å². The van der Waals surface area contributed by atoms with Gasteiger partial charge in [-0.15, -0.1) is 0 Å². The van der Waals surface area contributed by atoms with Crippen LogP contribution < -0.4 is 10.1 Å². The van der Waals surface area contributed by atoms with Gasteiger partial charge in [-0.25, -0.2) is 0 Å². The number of rotatable bonds is 3. The predicted molar refractivity (Wildman–Crippen MR) is 87.8 cm³/mol. The third-order valence-corrected chi connectivity index (χ3v) is 5.32. The highest BCUT2D eigenvalue weighted by molar-refractivity contribution is 5.43. The number of ether oxygens (including phenoxy) is 1. The molecule has 0 bridgehead atoms. The Morgan fingerprint density at radius 2 is 1.90 bits per heavy atom. The molecular weight excluding hydrogens is 258 g/mol. The Morgan fingerprint density at radius 3 is 2.71 bits per heavy atom. The lowest BCUT2D eigenvalue weighted by atomic mass is 9.84. The summed E-state index contributed by atoms with van der Waals surface area (Å²) in [5, 5.41) is 3.93. The van der Waals surface area contributed by atoms with E-state index in [1.807, 2.05) is 0 Å². The van der Waals surface area contributed by atoms with E-state index in [1.54, 1.807) is 0 Å². The lowest BCUT2D eigenvalue weighted by Gasteiger charge is -2.32. The van der Waals surface area contributed by atoms with Crippen LogP contribution in [0.4, 0.5) is 0 Å². The number of nitrogens with one attached hydrogen (secondary N) is 1. The Morgan fingerprint density at radius 1 is 1.10 bits per heavy atom. The molecule has 1 aliphatic carbocycles. The molecule has 1 fully saturated rings. The van der Waals surface area contributed by atoms with Crippen LogP contribution in [0.15, 0.2) is 18.2 Å². The summed E-state index contributed by atoms with van der Waals surface area (Å²) in [7, 11) is 0. The standard InChI is InChI=1S/C19H29NO/c1-14-8-6-11-17-18(12-7-13-21-19(14)17)20-15(2)16-9-4-3-5-10-16/h6,8,11,15-16,18,20H,3-5,7,9-10,12-13H2,1-2H3/t15-,18?/m1/s1. The van der Waals surface area contributed by atoms with Gasteiger partial charge < -0.3 is 10.1 Å². The van der Waals surface area contributed by atoms with E-state index in [1.165, 1.54) is 49.7 Å². The summed E-state index contributed by atoms with van der Waals surface area (Å²) in [6.07, 6.45) is 9.40. The maximum Gasteiger partial charge on any atom is 0.126 e. The molecule has 3 rings (SSSR count). The van der Waals surface area contributed by atoms with Gasteiger partial charge in [-0.05, 0) is 51.0 Å². The molecule has 1 heterocycles. The normalized spacial score (nSPS) is 24.8. The maximum absolute atomic E-state index is 6.00. The fourth-order valence-electron chi connectivity index (χ4n) is 4.02. The van der Waals surface area contributed by atoms with Gasteiger partial charge in [0.2, 0.25) is 0 Å². The lowest BCUT2D eigenvalue weighted by Crippen LogP contribution is -2.37. The molecule has 0 spiro atoms. The van der Waals surface area contributed by atoms with Crippen molar-refractivity contribution in [2.45, 2.75) is 70.9 Å². The zero-order valence-corrected chi connectivity index (χ0v) is 13.5. The van der Waals surface area contributed by atoms with E-state index in [4.69, 9.17) is 4.74 Å². The zero-order valence-electron chi connectivity index (χ0n) is 13.5. The van der Waals surface area contributed by atoms with Crippen molar-refractivity contribution in [2.24, 2.45) is 5.92 Å². The van der Waals surface area contributed by atoms with Gasteiger partial charge >= 0.3 is 0 Å². The Hall–Kier alpha value is -1.02. The summed E-state index contributed by atoms with van der Waals surface area (Å²) in [5.74, 6) is 1.99. The summed E-state index contributed by atoms with van der Waals surface area (Å²) in [4.78, 5) is 0. The summed E-state index contributed by atoms with van der Waals surface area (Å²) >= 11 is 0. The SMILES string of the molecule is Cc1cccc2c1OCCCC2N[C@H](C)C1CCCCC1. The average Bonchev–Trinajstić information content (AvgIpc) is 2.72. The van der Waals surface area contributed by atoms with E-state index in [9.17, 15) is 0 Å². The van der Waals surface area contributed by atoms with Crippen molar-refractivity contribution in [3.8, 4) is 5.75 Å². The van der Waals surface area contributed by atoms with E-state index in [0.717, 1.165) is 24.7 Å². The van der Waals surface area contributed by atoms with Gasteiger partial charge in [-0.2, -0.15) is 0 Å². The van der Waals surface area contributed by atoms with Crippen LogP contribution in [-0.4, -0.2) is 12.6 Å². The molecule has 2 nitrogen and oxygen atoms in total. The number of aryl methyl sites for hydroxylation is 1. The fraction of sp³-hybridized carbons (Fsp3) is 0.684. The van der Waals surface area contributed by atoms with E-state index in [2.05, 4.69) is 37.4 Å². The second-order valence-electron chi connectivity index (χ2n) is 6.89. The zero-order chi connectivity index (χ0) is 14.7. The Kier molecular flexibility index (Phi) is 4.84. The highest BCUT2D eigenvalue weighted by Gasteiger charge is 2.26. The first-order chi connectivity index (χ1) is 10.3. The molecule has 0 saturated heterocycles. The molecule has 116 valence electrons. The Labute approximate surface area is 129 Å². The van der Waals surface area contributed by atoms with Crippen LogP contribution in [0.25, 0.3) is 0 Å². The van der Waals surface area contributed by atoms with Crippen LogP contribution in [0.2, 0.25) is 0 Å². The van der Waals surface area contributed by atoms with E-state index >= 15 is 0 Å². The third kappa shape index (κ3) is 3.42. The lowest BCUT2D eigenvalue weighted by molar-refractivity contribution is 0.259. The van der Waals surface area contributed by atoms with E-state index in [-0.39, 0.29) is 0 Å². The van der Waals surface area contributed by atoms with E-state index < -0.39 is 0 Å². The molecule has 0 aromatic heterocycles. The molecule has 2 aliphatic rings. The first kappa shape index (κ1) is 14.9. The molecule has 1 aromatic carbocycles. The van der Waals surface area contributed by atoms with Gasteiger partial charge in [-0.3, -0.25) is 0 Å². The molecular formula is C19H29NO. The van der Waals surface area contributed by atoms with Crippen LogP contribution in [-0.2, 0) is 0 Å². The Bertz CT molecular complexity index is 465. The summed E-state index contributed by atoms with van der Waals surface area (Å²) < 4.78 is 6.00. The van der Waals surface area contributed by atoms with Gasteiger partial charge in [0.25, 0.3) is 0 Å². The van der Waals surface area contributed by atoms with Crippen molar-refractivity contribution in [1.29, 1.82) is 0 Å². The first-order valence-corrected chi connectivity index (χ1v) is 8.74. The topological polar surface area (TPSA) is 21.3 Å². The highest BCUT2D eigenvalue weighted by Crippen LogP contribution is 2.35. The smallest absolute Gasteiger partial charge is 0.126 e. The van der Waals surface area contributed by atoms with Crippen molar-refractivity contribution in [3.05, 3.63) is 29.3 Å². The molecule has 1 saturated carbocycles. The number of benzene rings is 1. The highest BCUT2D eigenvalue weighted by atomic mass is 16.5. The first-order valence-electron chi connectivity index (χ1n) is 8.74. The van der Waals surface area contributed by atoms with Crippen LogP contribution in [0.1, 0.15) is 69.0 Å². The van der Waals surface area contributed by atoms with Crippen molar-refractivity contribution in [3.63, 3.8) is 0 Å². The van der Waals surface area contributed by atoms with Gasteiger partial charge in [0, 0.05) is 17.6 Å². The molecule has 2 atom stereocenters. The third-order valence-electron chi connectivity index (χ3n) is 5.32. The molecule has 2 heteroatoms. The second-order valence-corrected chi connectivity index (χ2v) is 6.89. The van der Waals surface area contributed by atoms with Crippen LogP contribution in [0.5, 0.6) is 5.75 Å². The number of para-hydroxylation sites is 1. The molecule has 0 amide bonds. The quantitative estimate of drug-likeness (QED) is 0.865. The van der Waals surface area contributed by atoms with Gasteiger partial charge in [0.1, 0.15) is 5.75 Å². The molecule has 21 heavy (non-hydrogen) atoms.